The fraction of sp³-hybridized carbons (Fsp3) is 0.222. The third-order valence-corrected chi connectivity index (χ3v) is 2.16. The smallest absolute Gasteiger partial charge is 0.272 e. The molecule has 0 radical (unpaired) electrons. The second-order valence-corrected chi connectivity index (χ2v) is 3.77. The van der Waals surface area contributed by atoms with E-state index in [0.717, 1.165) is 0 Å². The molecule has 0 saturated carbocycles. The maximum absolute atomic E-state index is 11.1. The molecule has 15 heavy (non-hydrogen) atoms. The van der Waals surface area contributed by atoms with E-state index in [0.29, 0.717) is 16.6 Å². The zero-order chi connectivity index (χ0) is 11.4. The molecule has 0 aliphatic heterocycles. The van der Waals surface area contributed by atoms with E-state index in [-0.39, 0.29) is 11.6 Å². The summed E-state index contributed by atoms with van der Waals surface area (Å²) in [5.41, 5.74) is 0.360. The van der Waals surface area contributed by atoms with E-state index in [4.69, 9.17) is 0 Å². The molecule has 1 amide bonds. The Balaban J connectivity index is 2.98. The number of benzene rings is 1. The van der Waals surface area contributed by atoms with Crippen LogP contribution in [0.3, 0.4) is 0 Å². The van der Waals surface area contributed by atoms with Crippen LogP contribution in [0.1, 0.15) is 13.3 Å². The number of carbonyl (C=O) groups is 1. The van der Waals surface area contributed by atoms with Gasteiger partial charge in [0.05, 0.1) is 4.92 Å². The molecule has 0 bridgehead atoms. The zero-order valence-corrected chi connectivity index (χ0v) is 9.58. The molecule has 0 aliphatic carbocycles. The van der Waals surface area contributed by atoms with E-state index in [9.17, 15) is 14.9 Å². The van der Waals surface area contributed by atoms with Crippen LogP contribution < -0.4 is 5.32 Å². The molecule has 0 unspecified atom stereocenters. The Morgan fingerprint density at radius 1 is 1.53 bits per heavy atom. The molecule has 0 aliphatic rings. The first-order valence-corrected chi connectivity index (χ1v) is 5.07. The molecule has 6 heteroatoms. The van der Waals surface area contributed by atoms with Gasteiger partial charge >= 0.3 is 0 Å². The first-order chi connectivity index (χ1) is 7.02. The van der Waals surface area contributed by atoms with Crippen molar-refractivity contribution in [1.29, 1.82) is 0 Å². The van der Waals surface area contributed by atoms with Crippen LogP contribution in [-0.2, 0) is 4.79 Å². The van der Waals surface area contributed by atoms with Crippen LogP contribution in [0, 0.1) is 10.1 Å². The van der Waals surface area contributed by atoms with Gasteiger partial charge < -0.3 is 5.32 Å². The average Bonchev–Trinajstić information content (AvgIpc) is 2.16. The fourth-order valence-electron chi connectivity index (χ4n) is 1.00. The standard InChI is InChI=1S/C9H9BrN2O3/c1-2-9(13)11-7-3-6(10)4-8(5-7)12(14)15/h3-5H,2H2,1H3,(H,11,13). The predicted octanol–water partition coefficient (Wildman–Crippen LogP) is 2.71. The van der Waals surface area contributed by atoms with Crippen LogP contribution in [0.15, 0.2) is 22.7 Å². The van der Waals surface area contributed by atoms with Crippen LogP contribution in [0.4, 0.5) is 11.4 Å². The summed E-state index contributed by atoms with van der Waals surface area (Å²) in [6, 6.07) is 4.31. The summed E-state index contributed by atoms with van der Waals surface area (Å²) < 4.78 is 0.558. The number of rotatable bonds is 3. The van der Waals surface area contributed by atoms with E-state index < -0.39 is 4.92 Å². The molecule has 0 aromatic heterocycles. The molecule has 1 aromatic carbocycles. The Kier molecular flexibility index (Phi) is 3.79. The number of anilines is 1. The lowest BCUT2D eigenvalue weighted by atomic mass is 10.2. The summed E-state index contributed by atoms with van der Waals surface area (Å²) in [4.78, 5) is 21.1. The number of hydrogen-bond donors (Lipinski definition) is 1. The third kappa shape index (κ3) is 3.32. The van der Waals surface area contributed by atoms with Crippen molar-refractivity contribution in [3.63, 3.8) is 0 Å². The minimum Gasteiger partial charge on any atom is -0.326 e. The largest absolute Gasteiger partial charge is 0.326 e. The molecule has 0 atom stereocenters. The molecule has 0 saturated heterocycles. The highest BCUT2D eigenvalue weighted by Gasteiger charge is 2.09. The average molecular weight is 273 g/mol. The number of nitro benzene ring substituents is 1. The molecule has 1 aromatic rings. The SMILES string of the molecule is CCC(=O)Nc1cc(Br)cc([N+](=O)[O-])c1. The van der Waals surface area contributed by atoms with Crippen molar-refractivity contribution in [3.8, 4) is 0 Å². The Hall–Kier alpha value is -1.43. The van der Waals surface area contributed by atoms with Crippen LogP contribution in [0.2, 0.25) is 0 Å². The van der Waals surface area contributed by atoms with E-state index in [1.165, 1.54) is 12.1 Å². The summed E-state index contributed by atoms with van der Waals surface area (Å²) in [5, 5.41) is 13.1. The lowest BCUT2D eigenvalue weighted by Gasteiger charge is -2.03. The number of hydrogen-bond acceptors (Lipinski definition) is 3. The van der Waals surface area contributed by atoms with Crippen molar-refractivity contribution >= 4 is 33.2 Å². The summed E-state index contributed by atoms with van der Waals surface area (Å²) >= 11 is 3.14. The van der Waals surface area contributed by atoms with E-state index >= 15 is 0 Å². The molecule has 1 rings (SSSR count). The van der Waals surface area contributed by atoms with Crippen LogP contribution in [-0.4, -0.2) is 10.8 Å². The van der Waals surface area contributed by atoms with Gasteiger partial charge in [-0.25, -0.2) is 0 Å². The number of nitrogens with zero attached hydrogens (tertiary/aromatic N) is 1. The second-order valence-electron chi connectivity index (χ2n) is 2.86. The molecule has 0 fully saturated rings. The van der Waals surface area contributed by atoms with E-state index in [2.05, 4.69) is 21.2 Å². The van der Waals surface area contributed by atoms with Crippen molar-refractivity contribution in [2.45, 2.75) is 13.3 Å². The van der Waals surface area contributed by atoms with Crippen molar-refractivity contribution in [2.75, 3.05) is 5.32 Å². The topological polar surface area (TPSA) is 72.2 Å². The Bertz CT molecular complexity index is 406. The van der Waals surface area contributed by atoms with Gasteiger partial charge in [0.15, 0.2) is 0 Å². The first-order valence-electron chi connectivity index (χ1n) is 4.27. The Labute approximate surface area is 94.8 Å². The Morgan fingerprint density at radius 2 is 2.20 bits per heavy atom. The van der Waals surface area contributed by atoms with Gasteiger partial charge in [0.1, 0.15) is 0 Å². The quantitative estimate of drug-likeness (QED) is 0.679. The lowest BCUT2D eigenvalue weighted by molar-refractivity contribution is -0.384. The monoisotopic (exact) mass is 272 g/mol. The summed E-state index contributed by atoms with van der Waals surface area (Å²) in [6.45, 7) is 1.71. The summed E-state index contributed by atoms with van der Waals surface area (Å²) in [5.74, 6) is -0.178. The van der Waals surface area contributed by atoms with Gasteiger partial charge in [-0.2, -0.15) is 0 Å². The molecule has 0 heterocycles. The number of non-ortho nitro benzene ring substituents is 1. The molecular weight excluding hydrogens is 264 g/mol. The van der Waals surface area contributed by atoms with E-state index in [1.54, 1.807) is 13.0 Å². The molecule has 5 nitrogen and oxygen atoms in total. The minimum atomic E-state index is -0.508. The van der Waals surface area contributed by atoms with Gasteiger partial charge in [-0.15, -0.1) is 0 Å². The van der Waals surface area contributed by atoms with Crippen LogP contribution >= 0.6 is 15.9 Å². The number of carbonyl (C=O) groups excluding carboxylic acids is 1. The molecule has 1 N–H and O–H groups in total. The molecule has 80 valence electrons. The van der Waals surface area contributed by atoms with Crippen molar-refractivity contribution in [3.05, 3.63) is 32.8 Å². The van der Waals surface area contributed by atoms with Gasteiger partial charge in [-0.3, -0.25) is 14.9 Å². The van der Waals surface area contributed by atoms with Crippen molar-refractivity contribution in [2.24, 2.45) is 0 Å². The second kappa shape index (κ2) is 4.88. The van der Waals surface area contributed by atoms with Gasteiger partial charge in [0, 0.05) is 28.7 Å². The third-order valence-electron chi connectivity index (χ3n) is 1.70. The normalized spacial score (nSPS) is 9.73. The highest BCUT2D eigenvalue weighted by molar-refractivity contribution is 9.10. The van der Waals surface area contributed by atoms with Gasteiger partial charge in [0.2, 0.25) is 5.91 Å². The minimum absolute atomic E-state index is 0.0595. The maximum Gasteiger partial charge on any atom is 0.272 e. The maximum atomic E-state index is 11.1. The summed E-state index contributed by atoms with van der Waals surface area (Å²) in [7, 11) is 0. The zero-order valence-electron chi connectivity index (χ0n) is 7.99. The summed E-state index contributed by atoms with van der Waals surface area (Å²) in [6.07, 6.45) is 0.334. The van der Waals surface area contributed by atoms with Gasteiger partial charge in [-0.1, -0.05) is 22.9 Å². The van der Waals surface area contributed by atoms with Crippen LogP contribution in [0.5, 0.6) is 0 Å². The van der Waals surface area contributed by atoms with E-state index in [1.807, 2.05) is 0 Å². The Morgan fingerprint density at radius 3 is 2.73 bits per heavy atom. The fourth-order valence-corrected chi connectivity index (χ4v) is 1.48. The number of nitrogens with one attached hydrogen (secondary N) is 1. The lowest BCUT2D eigenvalue weighted by Crippen LogP contribution is -2.09. The van der Waals surface area contributed by atoms with Crippen molar-refractivity contribution < 1.29 is 9.72 Å². The van der Waals surface area contributed by atoms with Crippen LogP contribution in [0.25, 0.3) is 0 Å². The highest BCUT2D eigenvalue weighted by atomic mass is 79.9. The highest BCUT2D eigenvalue weighted by Crippen LogP contribution is 2.24. The number of nitro groups is 1. The predicted molar refractivity (Wildman–Crippen MR) is 59.7 cm³/mol. The number of amides is 1. The van der Waals surface area contributed by atoms with Crippen molar-refractivity contribution in [1.82, 2.24) is 0 Å². The molecule has 0 spiro atoms. The number of halogens is 1. The van der Waals surface area contributed by atoms with Gasteiger partial charge in [0.25, 0.3) is 5.69 Å². The first kappa shape index (κ1) is 11.6. The molecular formula is C9H9BrN2O3. The van der Waals surface area contributed by atoms with Gasteiger partial charge in [-0.05, 0) is 6.07 Å².